The maximum Gasteiger partial charge on any atom is 0.316 e. The summed E-state index contributed by atoms with van der Waals surface area (Å²) in [7, 11) is 3.31. The van der Waals surface area contributed by atoms with Crippen LogP contribution in [-0.2, 0) is 12.8 Å². The molecule has 0 atom stereocenters. The molecule has 1 aromatic carbocycles. The van der Waals surface area contributed by atoms with E-state index in [0.717, 1.165) is 45.8 Å². The molecule has 2 aromatic rings. The standard InChI is InChI=1S/C17H21BrN2O3/c1-5-23-17-19-11(2)16(18)14(20-17)9-7-12-6-8-13(21-3)10-15(12)22-4/h6,8,10H,5,7,9H2,1-4H3. The maximum absolute atomic E-state index is 5.44. The van der Waals surface area contributed by atoms with Crippen LogP contribution in [0.5, 0.6) is 17.5 Å². The van der Waals surface area contributed by atoms with E-state index in [1.807, 2.05) is 32.0 Å². The molecule has 124 valence electrons. The van der Waals surface area contributed by atoms with E-state index < -0.39 is 0 Å². The molecular weight excluding hydrogens is 360 g/mol. The Morgan fingerprint density at radius 1 is 1.09 bits per heavy atom. The number of methoxy groups -OCH3 is 2. The SMILES string of the molecule is CCOc1nc(C)c(Br)c(CCc2ccc(OC)cc2OC)n1. The largest absolute Gasteiger partial charge is 0.497 e. The van der Waals surface area contributed by atoms with Crippen LogP contribution in [0.25, 0.3) is 0 Å². The van der Waals surface area contributed by atoms with Crippen LogP contribution in [0.2, 0.25) is 0 Å². The van der Waals surface area contributed by atoms with E-state index >= 15 is 0 Å². The van der Waals surface area contributed by atoms with E-state index in [9.17, 15) is 0 Å². The molecule has 1 heterocycles. The summed E-state index contributed by atoms with van der Waals surface area (Å²) in [5, 5.41) is 0. The van der Waals surface area contributed by atoms with Crippen LogP contribution in [0.1, 0.15) is 23.9 Å². The van der Waals surface area contributed by atoms with Gasteiger partial charge in [-0.3, -0.25) is 0 Å². The number of ether oxygens (including phenoxy) is 3. The van der Waals surface area contributed by atoms with Gasteiger partial charge in [-0.25, -0.2) is 0 Å². The molecule has 0 fully saturated rings. The number of aromatic nitrogens is 2. The molecule has 0 aliphatic rings. The molecule has 0 N–H and O–H groups in total. The summed E-state index contributed by atoms with van der Waals surface area (Å²) in [5.74, 6) is 1.60. The molecule has 0 saturated carbocycles. The van der Waals surface area contributed by atoms with Crippen LogP contribution in [0.3, 0.4) is 0 Å². The molecule has 0 spiro atoms. The maximum atomic E-state index is 5.44. The van der Waals surface area contributed by atoms with Gasteiger partial charge in [-0.15, -0.1) is 0 Å². The summed E-state index contributed by atoms with van der Waals surface area (Å²) >= 11 is 3.57. The second kappa shape index (κ2) is 8.15. The smallest absolute Gasteiger partial charge is 0.316 e. The van der Waals surface area contributed by atoms with Crippen molar-refractivity contribution in [1.29, 1.82) is 0 Å². The average Bonchev–Trinajstić information content (AvgIpc) is 2.56. The molecule has 0 unspecified atom stereocenters. The normalized spacial score (nSPS) is 10.5. The molecule has 1 aromatic heterocycles. The van der Waals surface area contributed by atoms with Crippen LogP contribution in [0, 0.1) is 6.92 Å². The molecule has 0 aliphatic carbocycles. The van der Waals surface area contributed by atoms with Crippen molar-refractivity contribution in [2.24, 2.45) is 0 Å². The highest BCUT2D eigenvalue weighted by Gasteiger charge is 2.12. The minimum absolute atomic E-state index is 0.421. The molecule has 0 radical (unpaired) electrons. The summed E-state index contributed by atoms with van der Waals surface area (Å²) in [6.07, 6.45) is 1.56. The van der Waals surface area contributed by atoms with Crippen molar-refractivity contribution in [3.63, 3.8) is 0 Å². The zero-order valence-corrected chi connectivity index (χ0v) is 15.4. The highest BCUT2D eigenvalue weighted by molar-refractivity contribution is 9.10. The van der Waals surface area contributed by atoms with Gasteiger partial charge in [0.1, 0.15) is 11.5 Å². The second-order valence-electron chi connectivity index (χ2n) is 4.96. The lowest BCUT2D eigenvalue weighted by Crippen LogP contribution is -2.05. The molecule has 6 heteroatoms. The Kier molecular flexibility index (Phi) is 6.21. The third kappa shape index (κ3) is 4.34. The van der Waals surface area contributed by atoms with Gasteiger partial charge < -0.3 is 14.2 Å². The van der Waals surface area contributed by atoms with Crippen molar-refractivity contribution in [3.8, 4) is 17.5 Å². The van der Waals surface area contributed by atoms with Crippen LogP contribution in [0.15, 0.2) is 22.7 Å². The van der Waals surface area contributed by atoms with E-state index in [2.05, 4.69) is 25.9 Å². The fourth-order valence-corrected chi connectivity index (χ4v) is 2.64. The van der Waals surface area contributed by atoms with Crippen molar-refractivity contribution in [3.05, 3.63) is 39.6 Å². The van der Waals surface area contributed by atoms with Gasteiger partial charge in [-0.05, 0) is 54.2 Å². The first-order chi connectivity index (χ1) is 11.1. The minimum Gasteiger partial charge on any atom is -0.497 e. The van der Waals surface area contributed by atoms with Crippen LogP contribution >= 0.6 is 15.9 Å². The van der Waals surface area contributed by atoms with Gasteiger partial charge in [-0.2, -0.15) is 9.97 Å². The number of aryl methyl sites for hydroxylation is 3. The summed E-state index contributed by atoms with van der Waals surface area (Å²) in [6, 6.07) is 6.26. The van der Waals surface area contributed by atoms with Gasteiger partial charge in [0.2, 0.25) is 0 Å². The Hall–Kier alpha value is -1.82. The topological polar surface area (TPSA) is 53.5 Å². The first-order valence-corrected chi connectivity index (χ1v) is 8.25. The summed E-state index contributed by atoms with van der Waals surface area (Å²) in [6.45, 7) is 4.40. The quantitative estimate of drug-likeness (QED) is 0.731. The van der Waals surface area contributed by atoms with Gasteiger partial charge in [0.25, 0.3) is 0 Å². The van der Waals surface area contributed by atoms with Gasteiger partial charge >= 0.3 is 6.01 Å². The summed E-state index contributed by atoms with van der Waals surface area (Å²) in [5.41, 5.74) is 2.91. The number of hydrogen-bond donors (Lipinski definition) is 0. The molecular formula is C17H21BrN2O3. The monoisotopic (exact) mass is 380 g/mol. The lowest BCUT2D eigenvalue weighted by atomic mass is 10.1. The number of rotatable bonds is 7. The van der Waals surface area contributed by atoms with Crippen molar-refractivity contribution >= 4 is 15.9 Å². The lowest BCUT2D eigenvalue weighted by Gasteiger charge is -2.12. The molecule has 23 heavy (non-hydrogen) atoms. The minimum atomic E-state index is 0.421. The number of benzene rings is 1. The van der Waals surface area contributed by atoms with E-state index in [4.69, 9.17) is 14.2 Å². The molecule has 2 rings (SSSR count). The number of hydrogen-bond acceptors (Lipinski definition) is 5. The van der Waals surface area contributed by atoms with Crippen LogP contribution in [0.4, 0.5) is 0 Å². The Balaban J connectivity index is 2.20. The third-order valence-electron chi connectivity index (χ3n) is 3.46. The molecule has 0 saturated heterocycles. The predicted octanol–water partition coefficient (Wildman–Crippen LogP) is 3.75. The molecule has 0 bridgehead atoms. The van der Waals surface area contributed by atoms with Crippen molar-refractivity contribution < 1.29 is 14.2 Å². The second-order valence-corrected chi connectivity index (χ2v) is 5.76. The average molecular weight is 381 g/mol. The van der Waals surface area contributed by atoms with Gasteiger partial charge in [-0.1, -0.05) is 6.07 Å². The Morgan fingerprint density at radius 3 is 2.52 bits per heavy atom. The van der Waals surface area contributed by atoms with Crippen LogP contribution < -0.4 is 14.2 Å². The van der Waals surface area contributed by atoms with Crippen LogP contribution in [-0.4, -0.2) is 30.8 Å². The van der Waals surface area contributed by atoms with Gasteiger partial charge in [0.15, 0.2) is 0 Å². The Bertz CT molecular complexity index is 677. The number of halogens is 1. The fourth-order valence-electron chi connectivity index (χ4n) is 2.26. The molecule has 0 amide bonds. The van der Waals surface area contributed by atoms with E-state index in [0.29, 0.717) is 12.6 Å². The third-order valence-corrected chi connectivity index (χ3v) is 4.50. The van der Waals surface area contributed by atoms with E-state index in [1.165, 1.54) is 0 Å². The zero-order valence-electron chi connectivity index (χ0n) is 13.9. The highest BCUT2D eigenvalue weighted by atomic mass is 79.9. The lowest BCUT2D eigenvalue weighted by molar-refractivity contribution is 0.310. The Labute approximate surface area is 145 Å². The van der Waals surface area contributed by atoms with Gasteiger partial charge in [0, 0.05) is 6.07 Å². The van der Waals surface area contributed by atoms with Crippen molar-refractivity contribution in [2.75, 3.05) is 20.8 Å². The number of nitrogens with zero attached hydrogens (tertiary/aromatic N) is 2. The summed E-state index contributed by atoms with van der Waals surface area (Å²) in [4.78, 5) is 8.79. The first kappa shape index (κ1) is 17.5. The van der Waals surface area contributed by atoms with E-state index in [1.54, 1.807) is 14.2 Å². The Morgan fingerprint density at radius 2 is 1.87 bits per heavy atom. The van der Waals surface area contributed by atoms with Crippen molar-refractivity contribution in [1.82, 2.24) is 9.97 Å². The predicted molar refractivity (Wildman–Crippen MR) is 92.6 cm³/mol. The zero-order chi connectivity index (χ0) is 16.8. The molecule has 0 aliphatic heterocycles. The van der Waals surface area contributed by atoms with E-state index in [-0.39, 0.29) is 0 Å². The highest BCUT2D eigenvalue weighted by Crippen LogP contribution is 2.27. The van der Waals surface area contributed by atoms with Crippen molar-refractivity contribution in [2.45, 2.75) is 26.7 Å². The summed E-state index contributed by atoms with van der Waals surface area (Å²) < 4.78 is 17.0. The molecule has 5 nitrogen and oxygen atoms in total. The van der Waals surface area contributed by atoms with Gasteiger partial charge in [0.05, 0.1) is 36.7 Å². The first-order valence-electron chi connectivity index (χ1n) is 7.45. The fraction of sp³-hybridized carbons (Fsp3) is 0.412.